The Labute approximate surface area is 652 Å². The number of anilines is 4. The first-order valence-corrected chi connectivity index (χ1v) is 36.0. The Morgan fingerprint density at radius 3 is 1.23 bits per heavy atom. The predicted molar refractivity (Wildman–Crippen MR) is 425 cm³/mol. The average molecular weight is 1530 g/mol. The molecule has 6 heterocycles. The molecular weight excluding hydrogens is 1450 g/mol. The van der Waals surface area contributed by atoms with Crippen molar-refractivity contribution >= 4 is 104 Å². The Bertz CT molecular complexity index is 5230. The van der Waals surface area contributed by atoms with E-state index in [9.17, 15) is 28.8 Å². The molecule has 0 saturated heterocycles. The summed E-state index contributed by atoms with van der Waals surface area (Å²) >= 11 is 2.79. The van der Waals surface area contributed by atoms with Crippen molar-refractivity contribution in [2.24, 2.45) is 20.0 Å². The van der Waals surface area contributed by atoms with Crippen LogP contribution in [0.25, 0.3) is 0 Å². The smallest absolute Gasteiger partial charge is 0.342 e. The second-order valence-corrected chi connectivity index (χ2v) is 27.1. The Hall–Kier alpha value is -11.9. The molecule has 0 spiro atoms. The second-order valence-electron chi connectivity index (χ2n) is 25.0. The van der Waals surface area contributed by atoms with Crippen LogP contribution < -0.4 is 19.6 Å². The van der Waals surface area contributed by atoms with Crippen LogP contribution in [0.1, 0.15) is 108 Å². The summed E-state index contributed by atoms with van der Waals surface area (Å²) in [6.07, 6.45) is 11.3. The molecule has 8 aromatic rings. The standard InChI is InChI=1S/C44H40N4O8.C40H36N4O8S2.CH4/c1-7-13-31-19-21-37-35(23-31)39(32-16-11-9-14-28(32)3)45-36(42(49)47(37)5)24-55-56-27-53-25-52-26-54-44(51)41-43(50)48(6)38-20-18-30(8-2)22-34(38)40(46-41)33-17-12-10-15-29(33)4;1-7-13-27-19-32-36(54-27)33(28-16-11-9-14-24(28)3)41-30(38(45)43(32)5)20-51-52-23-49-21-48-22-50-40(47)35-39(46)44(6)31-18-26(8-2)53-37(31)34(42-35)29-17-12-10-15-25(29)4;/h2,9-12,14-23,36,41H,24-27H2,1,3-6H3;2,9-12,14-19,30,35H,20-23H2,1,3-6H3;1H4. The van der Waals surface area contributed by atoms with E-state index in [1.165, 1.54) is 32.5 Å². The van der Waals surface area contributed by atoms with Gasteiger partial charge in [0.05, 0.1) is 65.1 Å². The zero-order valence-corrected chi connectivity index (χ0v) is 63.5. The number of benzene rings is 6. The van der Waals surface area contributed by atoms with Crippen molar-refractivity contribution < 1.29 is 76.7 Å². The number of hydrogen-bond acceptors (Lipinski definition) is 22. The average Bonchev–Trinajstić information content (AvgIpc) is 1.67. The fourth-order valence-electron chi connectivity index (χ4n) is 12.2. The van der Waals surface area contributed by atoms with E-state index < -0.39 is 61.5 Å². The first-order valence-electron chi connectivity index (χ1n) is 34.4. The molecule has 4 aliphatic heterocycles. The van der Waals surface area contributed by atoms with E-state index in [0.29, 0.717) is 60.8 Å². The molecule has 0 N–H and O–H groups in total. The Kier molecular flexibility index (Phi) is 27.9. The molecule has 0 fully saturated rings. The number of carbonyl (C=O) groups excluding carboxylic acids is 6. The van der Waals surface area contributed by atoms with E-state index >= 15 is 0 Å². The molecule has 568 valence electrons. The number of ether oxygens (including phenoxy) is 6. The molecule has 4 unspecified atom stereocenters. The molecule has 2 aromatic heterocycles. The minimum absolute atomic E-state index is 0. The number of esters is 2. The lowest BCUT2D eigenvalue weighted by Gasteiger charge is -2.20. The molecule has 0 aliphatic carbocycles. The highest BCUT2D eigenvalue weighted by Crippen LogP contribution is 2.39. The first-order chi connectivity index (χ1) is 53.2. The van der Waals surface area contributed by atoms with Crippen LogP contribution in [0.15, 0.2) is 166 Å². The third-order valence-electron chi connectivity index (χ3n) is 17.9. The number of likely N-dealkylation sites (N-methyl/N-ethyl adjacent to an activating group) is 4. The van der Waals surface area contributed by atoms with E-state index in [0.717, 1.165) is 71.1 Å². The minimum atomic E-state index is -1.50. The lowest BCUT2D eigenvalue weighted by atomic mass is 9.95. The van der Waals surface area contributed by atoms with Crippen molar-refractivity contribution in [3.05, 3.63) is 232 Å². The predicted octanol–water partition coefficient (Wildman–Crippen LogP) is 11.0. The summed E-state index contributed by atoms with van der Waals surface area (Å²) in [7, 11) is 6.52. The highest BCUT2D eigenvalue weighted by Gasteiger charge is 2.40. The fraction of sp³-hybridized carbons (Fsp3) is 0.271. The number of aliphatic imine (C=N–C) groups is 4. The van der Waals surface area contributed by atoms with Crippen LogP contribution in [-0.4, -0.2) is 165 Å². The third-order valence-corrected chi connectivity index (χ3v) is 20.0. The molecule has 0 bridgehead atoms. The van der Waals surface area contributed by atoms with Gasteiger partial charge in [-0.25, -0.2) is 29.1 Å². The molecule has 0 saturated carbocycles. The molecule has 4 aliphatic rings. The van der Waals surface area contributed by atoms with E-state index in [-0.39, 0.29) is 59.6 Å². The number of rotatable bonds is 24. The van der Waals surface area contributed by atoms with Gasteiger partial charge in [-0.05, 0) is 112 Å². The van der Waals surface area contributed by atoms with E-state index in [1.807, 2.05) is 149 Å². The van der Waals surface area contributed by atoms with Crippen LogP contribution in [0, 0.1) is 76.1 Å². The largest absolute Gasteiger partial charge is 0.436 e. The van der Waals surface area contributed by atoms with E-state index in [1.54, 1.807) is 76.1 Å². The van der Waals surface area contributed by atoms with Crippen molar-refractivity contribution in [3.63, 3.8) is 0 Å². The summed E-state index contributed by atoms with van der Waals surface area (Å²) in [5.41, 5.74) is 14.6. The zero-order chi connectivity index (χ0) is 78.1. The maximum atomic E-state index is 13.6. The quantitative estimate of drug-likeness (QED) is 0.0104. The summed E-state index contributed by atoms with van der Waals surface area (Å²) < 4.78 is 31.7. The van der Waals surface area contributed by atoms with Crippen molar-refractivity contribution in [1.82, 2.24) is 0 Å². The van der Waals surface area contributed by atoms with Crippen molar-refractivity contribution in [2.45, 2.75) is 73.1 Å². The van der Waals surface area contributed by atoms with Crippen LogP contribution in [-0.2, 0) is 76.7 Å². The van der Waals surface area contributed by atoms with Gasteiger partial charge in [0.15, 0.2) is 52.8 Å². The normalized spacial score (nSPS) is 16.3. The Balaban J connectivity index is 0.000000234. The molecule has 26 heteroatoms. The first kappa shape index (κ1) is 81.7. The lowest BCUT2D eigenvalue weighted by Crippen LogP contribution is -2.40. The second kappa shape index (κ2) is 38.0. The van der Waals surface area contributed by atoms with Crippen LogP contribution in [0.3, 0.4) is 0 Å². The molecule has 12 rings (SSSR count). The molecule has 6 aromatic carbocycles. The van der Waals surface area contributed by atoms with Gasteiger partial charge in [-0.3, -0.25) is 39.1 Å². The van der Waals surface area contributed by atoms with Gasteiger partial charge in [0, 0.05) is 72.7 Å². The van der Waals surface area contributed by atoms with Crippen molar-refractivity contribution in [3.8, 4) is 48.4 Å². The van der Waals surface area contributed by atoms with E-state index in [2.05, 4.69) is 45.5 Å². The molecule has 24 nitrogen and oxygen atoms in total. The zero-order valence-electron chi connectivity index (χ0n) is 61.9. The van der Waals surface area contributed by atoms with Gasteiger partial charge in [0.25, 0.3) is 23.6 Å². The fourth-order valence-corrected chi connectivity index (χ4v) is 14.3. The van der Waals surface area contributed by atoms with Gasteiger partial charge in [-0.2, -0.15) is 0 Å². The number of aryl methyl sites for hydroxylation is 4. The topological polar surface area (TPSA) is 257 Å². The Morgan fingerprint density at radius 1 is 0.405 bits per heavy atom. The number of nitrogens with zero attached hydrogens (tertiary/aromatic N) is 8. The molecule has 111 heavy (non-hydrogen) atoms. The number of carbonyl (C=O) groups is 6. The number of fused-ring (bicyclic) bond motifs is 4. The Morgan fingerprint density at radius 2 is 0.775 bits per heavy atom. The monoisotopic (exact) mass is 1530 g/mol. The van der Waals surface area contributed by atoms with Gasteiger partial charge in [0.2, 0.25) is 12.1 Å². The third kappa shape index (κ3) is 18.7. The molecule has 0 radical (unpaired) electrons. The highest BCUT2D eigenvalue weighted by atomic mass is 32.1. The van der Waals surface area contributed by atoms with Crippen LogP contribution in [0.2, 0.25) is 0 Å². The van der Waals surface area contributed by atoms with Crippen LogP contribution >= 0.6 is 22.7 Å². The van der Waals surface area contributed by atoms with Crippen LogP contribution in [0.4, 0.5) is 22.7 Å². The van der Waals surface area contributed by atoms with Crippen molar-refractivity contribution in [2.75, 3.05) is 102 Å². The van der Waals surface area contributed by atoms with E-state index in [4.69, 9.17) is 70.8 Å². The number of benzodiazepines with no additional fused rings is 2. The summed E-state index contributed by atoms with van der Waals surface area (Å²) in [6, 6.07) is 40.4. The molecule has 4 amide bonds. The van der Waals surface area contributed by atoms with Crippen molar-refractivity contribution in [1.29, 1.82) is 0 Å². The number of hydrogen-bond donors (Lipinski definition) is 0. The minimum Gasteiger partial charge on any atom is -0.436 e. The number of terminal acetylenes is 2. The molecule has 4 atom stereocenters. The summed E-state index contributed by atoms with van der Waals surface area (Å²) in [5, 5.41) is 0. The van der Waals surface area contributed by atoms with Gasteiger partial charge in [-0.1, -0.05) is 128 Å². The SMILES string of the molecule is C.C#Cc1cc2c(s1)C(c1ccccc1C)=NC(C(=O)OCOCOCOOCC1N=C(c3ccccc3C)c3sc(C#CC)cc3N(C)C1=O)C(=O)N2C.C#Cc1ccc2c(c1)C(c1ccccc1C)=NC(C(=O)OCOCOCOOCC1N=C(c3ccccc3C)c3cc(C#CC)ccc3N(C)C1=O)C(=O)N2C. The number of amides is 4. The summed E-state index contributed by atoms with van der Waals surface area (Å²) in [6.45, 7) is 8.54. The van der Waals surface area contributed by atoms with Gasteiger partial charge in [-0.15, -0.1) is 47.4 Å². The highest BCUT2D eigenvalue weighted by molar-refractivity contribution is 7.16. The summed E-state index contributed by atoms with van der Waals surface area (Å²) in [4.78, 5) is 129. The number of thiophene rings is 2. The molecular formula is C85H80N8O16S2. The van der Waals surface area contributed by atoms with Gasteiger partial charge < -0.3 is 48.0 Å². The summed E-state index contributed by atoms with van der Waals surface area (Å²) in [5.74, 6) is 13.7. The van der Waals surface area contributed by atoms with Gasteiger partial charge >= 0.3 is 11.9 Å². The maximum absolute atomic E-state index is 13.6. The van der Waals surface area contributed by atoms with Gasteiger partial charge in [0.1, 0.15) is 13.2 Å². The lowest BCUT2D eigenvalue weighted by molar-refractivity contribution is -0.346. The van der Waals surface area contributed by atoms with Crippen LogP contribution in [0.5, 0.6) is 0 Å². The maximum Gasteiger partial charge on any atom is 0.342 e.